The van der Waals surface area contributed by atoms with Crippen molar-refractivity contribution in [3.8, 4) is 11.1 Å². The van der Waals surface area contributed by atoms with Crippen LogP contribution in [0.3, 0.4) is 0 Å². The van der Waals surface area contributed by atoms with Crippen LogP contribution in [0.4, 0.5) is 22.0 Å². The lowest BCUT2D eigenvalue weighted by molar-refractivity contribution is 0.536. The summed E-state index contributed by atoms with van der Waals surface area (Å²) >= 11 is 0. The van der Waals surface area contributed by atoms with E-state index in [2.05, 4.69) is 0 Å². The van der Waals surface area contributed by atoms with Crippen molar-refractivity contribution < 1.29 is 22.0 Å². The molecule has 0 amide bonds. The van der Waals surface area contributed by atoms with Gasteiger partial charge in [0.05, 0.1) is 17.2 Å². The minimum Gasteiger partial charge on any atom is -0.206 e. The van der Waals surface area contributed by atoms with Crippen molar-refractivity contribution in [2.45, 2.75) is 6.92 Å². The van der Waals surface area contributed by atoms with E-state index in [1.54, 1.807) is 6.07 Å². The maximum Gasteiger partial charge on any atom is 0.145 e. The highest BCUT2D eigenvalue weighted by atomic mass is 19.2. The molecule has 93 valence electrons. The predicted octanol–water partition coefficient (Wildman–Crippen LogP) is 4.16. The third-order valence-electron chi connectivity index (χ3n) is 2.38. The minimum absolute atomic E-state index is 0.264. The number of hydrogen-bond acceptors (Lipinski definition) is 0. The van der Waals surface area contributed by atoms with Gasteiger partial charge < -0.3 is 0 Å². The van der Waals surface area contributed by atoms with Crippen LogP contribution in [0, 0.1) is 42.1 Å². The predicted molar refractivity (Wildman–Crippen MR) is 55.2 cm³/mol. The van der Waals surface area contributed by atoms with Gasteiger partial charge in [0.15, 0.2) is 0 Å². The fraction of sp³-hybridized carbons (Fsp3) is 0.0769. The summed E-state index contributed by atoms with van der Waals surface area (Å²) in [7, 11) is 0. The van der Waals surface area contributed by atoms with Crippen molar-refractivity contribution in [3.63, 3.8) is 0 Å². The zero-order valence-electron chi connectivity index (χ0n) is 9.12. The average molecular weight is 257 g/mol. The van der Waals surface area contributed by atoms with E-state index in [-0.39, 0.29) is 5.56 Å². The molecule has 2 rings (SSSR count). The summed E-state index contributed by atoms with van der Waals surface area (Å²) in [5, 5.41) is 0. The zero-order valence-corrected chi connectivity index (χ0v) is 9.12. The second-order valence-corrected chi connectivity index (χ2v) is 3.76. The lowest BCUT2D eigenvalue weighted by Gasteiger charge is -2.08. The Hall–Kier alpha value is -1.91. The number of aryl methyl sites for hydroxylation is 1. The summed E-state index contributed by atoms with van der Waals surface area (Å²) in [5.41, 5.74) is -1.57. The van der Waals surface area contributed by atoms with Crippen molar-refractivity contribution in [2.75, 3.05) is 0 Å². The van der Waals surface area contributed by atoms with E-state index in [0.29, 0.717) is 6.07 Å². The molecular formula is C13H6F5. The molecule has 18 heavy (non-hydrogen) atoms. The van der Waals surface area contributed by atoms with Gasteiger partial charge in [0.25, 0.3) is 0 Å². The second-order valence-electron chi connectivity index (χ2n) is 3.76. The normalized spacial score (nSPS) is 10.8. The molecular weight excluding hydrogens is 251 g/mol. The molecule has 0 aromatic heterocycles. The fourth-order valence-electron chi connectivity index (χ4n) is 1.66. The number of halogens is 5. The van der Waals surface area contributed by atoms with Crippen LogP contribution >= 0.6 is 0 Å². The van der Waals surface area contributed by atoms with Gasteiger partial charge in [-0.2, -0.15) is 0 Å². The average Bonchev–Trinajstić information content (AvgIpc) is 2.20. The van der Waals surface area contributed by atoms with Crippen molar-refractivity contribution in [2.24, 2.45) is 0 Å². The van der Waals surface area contributed by atoms with Crippen molar-refractivity contribution in [3.05, 3.63) is 58.9 Å². The Balaban J connectivity index is 2.78. The molecule has 2 aromatic carbocycles. The molecule has 0 spiro atoms. The minimum atomic E-state index is -1.48. The molecule has 0 bridgehead atoms. The molecule has 0 unspecified atom stereocenters. The number of hydrogen-bond donors (Lipinski definition) is 0. The lowest BCUT2D eigenvalue weighted by Crippen LogP contribution is -1.99. The van der Waals surface area contributed by atoms with Crippen LogP contribution in [0.25, 0.3) is 11.1 Å². The summed E-state index contributed by atoms with van der Waals surface area (Å²) in [6.45, 7) is 1.43. The maximum atomic E-state index is 13.6. The van der Waals surface area contributed by atoms with Crippen LogP contribution in [0.1, 0.15) is 5.56 Å². The smallest absolute Gasteiger partial charge is 0.145 e. The summed E-state index contributed by atoms with van der Waals surface area (Å²) in [5.74, 6) is -6.38. The molecule has 0 aliphatic heterocycles. The number of benzene rings is 2. The molecule has 0 atom stereocenters. The SMILES string of the molecule is Cc1cc(F)c(-c2c(F)[c]c(F)cc2F)c(F)c1. The summed E-state index contributed by atoms with van der Waals surface area (Å²) < 4.78 is 66.6. The van der Waals surface area contributed by atoms with Gasteiger partial charge in [0, 0.05) is 6.07 Å². The van der Waals surface area contributed by atoms with Gasteiger partial charge in [-0.3, -0.25) is 0 Å². The van der Waals surface area contributed by atoms with E-state index in [4.69, 9.17) is 0 Å². The van der Waals surface area contributed by atoms with Crippen LogP contribution in [0.2, 0.25) is 0 Å². The molecule has 0 saturated carbocycles. The molecule has 0 nitrogen and oxygen atoms in total. The van der Waals surface area contributed by atoms with Crippen LogP contribution < -0.4 is 0 Å². The number of rotatable bonds is 1. The molecule has 5 heteroatoms. The van der Waals surface area contributed by atoms with E-state index in [9.17, 15) is 22.0 Å². The fourth-order valence-corrected chi connectivity index (χ4v) is 1.66. The molecule has 0 saturated heterocycles. The first-order valence-electron chi connectivity index (χ1n) is 4.93. The van der Waals surface area contributed by atoms with Gasteiger partial charge in [0.2, 0.25) is 0 Å². The highest BCUT2D eigenvalue weighted by Crippen LogP contribution is 2.31. The third-order valence-corrected chi connectivity index (χ3v) is 2.38. The van der Waals surface area contributed by atoms with E-state index < -0.39 is 40.2 Å². The molecule has 0 N–H and O–H groups in total. The van der Waals surface area contributed by atoms with Crippen molar-refractivity contribution in [1.82, 2.24) is 0 Å². The maximum absolute atomic E-state index is 13.6. The largest absolute Gasteiger partial charge is 0.206 e. The Bertz CT molecular complexity index is 517. The Kier molecular flexibility index (Phi) is 3.07. The Labute approximate surface area is 99.7 Å². The van der Waals surface area contributed by atoms with Gasteiger partial charge >= 0.3 is 0 Å². The standard InChI is InChI=1S/C13H6F5/c1-6-2-8(15)12(9(16)3-6)13-10(17)4-7(14)5-11(13)18/h2-4H,1H3. The van der Waals surface area contributed by atoms with Crippen molar-refractivity contribution in [1.29, 1.82) is 0 Å². The summed E-state index contributed by atoms with van der Waals surface area (Å²) in [4.78, 5) is 0. The van der Waals surface area contributed by atoms with Gasteiger partial charge in [-0.1, -0.05) is 0 Å². The first-order chi connectivity index (χ1) is 8.40. The quantitative estimate of drug-likeness (QED) is 0.673. The van der Waals surface area contributed by atoms with Crippen LogP contribution in [-0.2, 0) is 0 Å². The van der Waals surface area contributed by atoms with Crippen molar-refractivity contribution >= 4 is 0 Å². The molecule has 2 aromatic rings. The van der Waals surface area contributed by atoms with Crippen LogP contribution in [-0.4, -0.2) is 0 Å². The van der Waals surface area contributed by atoms with Gasteiger partial charge in [-0.15, -0.1) is 0 Å². The molecule has 0 heterocycles. The molecule has 0 fully saturated rings. The Morgan fingerprint density at radius 3 is 1.78 bits per heavy atom. The summed E-state index contributed by atoms with van der Waals surface area (Å²) in [6, 6.07) is 3.72. The molecule has 0 aliphatic carbocycles. The highest BCUT2D eigenvalue weighted by Gasteiger charge is 2.21. The van der Waals surface area contributed by atoms with Crippen LogP contribution in [0.5, 0.6) is 0 Å². The van der Waals surface area contributed by atoms with E-state index in [1.165, 1.54) is 6.92 Å². The van der Waals surface area contributed by atoms with E-state index in [0.717, 1.165) is 12.1 Å². The van der Waals surface area contributed by atoms with Gasteiger partial charge in [0.1, 0.15) is 29.1 Å². The highest BCUT2D eigenvalue weighted by molar-refractivity contribution is 5.66. The molecule has 0 aliphatic rings. The topological polar surface area (TPSA) is 0 Å². The molecule has 1 radical (unpaired) electrons. The van der Waals surface area contributed by atoms with Crippen LogP contribution in [0.15, 0.2) is 18.2 Å². The zero-order chi connectivity index (χ0) is 13.4. The Morgan fingerprint density at radius 1 is 0.778 bits per heavy atom. The van der Waals surface area contributed by atoms with E-state index in [1.807, 2.05) is 0 Å². The first-order valence-corrected chi connectivity index (χ1v) is 4.93. The monoisotopic (exact) mass is 257 g/mol. The second kappa shape index (κ2) is 4.40. The van der Waals surface area contributed by atoms with E-state index >= 15 is 0 Å². The van der Waals surface area contributed by atoms with Gasteiger partial charge in [-0.25, -0.2) is 22.0 Å². The Morgan fingerprint density at radius 2 is 1.28 bits per heavy atom. The third kappa shape index (κ3) is 2.08. The first kappa shape index (κ1) is 12.5. The van der Waals surface area contributed by atoms with Gasteiger partial charge in [-0.05, 0) is 24.6 Å². The summed E-state index contributed by atoms with van der Waals surface area (Å²) in [6.07, 6.45) is 0. The lowest BCUT2D eigenvalue weighted by atomic mass is 10.0.